The van der Waals surface area contributed by atoms with Crippen LogP contribution in [0.5, 0.6) is 5.75 Å². The molecule has 1 unspecified atom stereocenters. The van der Waals surface area contributed by atoms with Gasteiger partial charge in [0.15, 0.2) is 0 Å². The SMILES string of the molecule is N#Cc1cnc2cc(OC3CCOC3)c(N)cc2c1N1CCCc2ccccc21. The zero-order valence-corrected chi connectivity index (χ0v) is 16.1. The summed E-state index contributed by atoms with van der Waals surface area (Å²) in [5, 5.41) is 10.7. The van der Waals surface area contributed by atoms with Crippen LogP contribution in [0.1, 0.15) is 24.0 Å². The summed E-state index contributed by atoms with van der Waals surface area (Å²) in [5.41, 5.74) is 11.5. The lowest BCUT2D eigenvalue weighted by Crippen LogP contribution is -2.25. The Morgan fingerprint density at radius 3 is 3.00 bits per heavy atom. The molecule has 0 spiro atoms. The summed E-state index contributed by atoms with van der Waals surface area (Å²) in [6.45, 7) is 2.14. The molecule has 0 saturated carbocycles. The number of nitriles is 1. The van der Waals surface area contributed by atoms with Crippen LogP contribution in [0.3, 0.4) is 0 Å². The maximum atomic E-state index is 9.78. The first-order valence-corrected chi connectivity index (χ1v) is 9.97. The lowest BCUT2D eigenvalue weighted by Gasteiger charge is -2.32. The number of aryl methyl sites for hydroxylation is 1. The molecule has 1 atom stereocenters. The van der Waals surface area contributed by atoms with Crippen molar-refractivity contribution >= 4 is 28.0 Å². The fourth-order valence-electron chi connectivity index (χ4n) is 4.25. The average Bonchev–Trinajstić information content (AvgIpc) is 3.26. The lowest BCUT2D eigenvalue weighted by molar-refractivity contribution is 0.142. The standard InChI is InChI=1S/C23H22N4O2/c24-12-16-13-26-20-11-22(29-17-7-9-28-14-17)19(25)10-18(20)23(16)27-8-3-5-15-4-1-2-6-21(15)27/h1-2,4,6,10-11,13,17H,3,5,7-9,14,25H2. The van der Waals surface area contributed by atoms with Crippen molar-refractivity contribution in [3.63, 3.8) is 0 Å². The number of ether oxygens (including phenoxy) is 2. The smallest absolute Gasteiger partial charge is 0.144 e. The first-order chi connectivity index (χ1) is 14.2. The molecule has 6 heteroatoms. The number of anilines is 3. The first-order valence-electron chi connectivity index (χ1n) is 9.97. The van der Waals surface area contributed by atoms with Crippen LogP contribution in [0.4, 0.5) is 17.1 Å². The molecular formula is C23H22N4O2. The second-order valence-electron chi connectivity index (χ2n) is 7.53. The summed E-state index contributed by atoms with van der Waals surface area (Å²) < 4.78 is 11.4. The molecular weight excluding hydrogens is 364 g/mol. The number of pyridine rings is 1. The summed E-state index contributed by atoms with van der Waals surface area (Å²) >= 11 is 0. The van der Waals surface area contributed by atoms with E-state index in [1.165, 1.54) is 5.56 Å². The molecule has 0 aliphatic carbocycles. The summed E-state index contributed by atoms with van der Waals surface area (Å²) in [6, 6.07) is 14.5. The monoisotopic (exact) mass is 386 g/mol. The molecule has 1 saturated heterocycles. The minimum atomic E-state index is 0.0153. The van der Waals surface area contributed by atoms with Gasteiger partial charge in [0.2, 0.25) is 0 Å². The van der Waals surface area contributed by atoms with Gasteiger partial charge < -0.3 is 20.1 Å². The highest BCUT2D eigenvalue weighted by Crippen LogP contribution is 2.41. The van der Waals surface area contributed by atoms with Crippen molar-refractivity contribution in [2.75, 3.05) is 30.4 Å². The van der Waals surface area contributed by atoms with Gasteiger partial charge >= 0.3 is 0 Å². The highest BCUT2D eigenvalue weighted by Gasteiger charge is 2.24. The Labute approximate surface area is 169 Å². The molecule has 6 nitrogen and oxygen atoms in total. The van der Waals surface area contributed by atoms with E-state index in [-0.39, 0.29) is 6.10 Å². The molecule has 2 aliphatic rings. The molecule has 0 bridgehead atoms. The van der Waals surface area contributed by atoms with Gasteiger partial charge in [0.25, 0.3) is 0 Å². The summed E-state index contributed by atoms with van der Waals surface area (Å²) in [4.78, 5) is 6.75. The van der Waals surface area contributed by atoms with Gasteiger partial charge in [-0.05, 0) is 30.5 Å². The van der Waals surface area contributed by atoms with Gasteiger partial charge in [0, 0.05) is 36.3 Å². The molecule has 5 rings (SSSR count). The molecule has 0 radical (unpaired) electrons. The van der Waals surface area contributed by atoms with Gasteiger partial charge in [-0.25, -0.2) is 0 Å². The minimum Gasteiger partial charge on any atom is -0.486 e. The van der Waals surface area contributed by atoms with Crippen LogP contribution in [-0.2, 0) is 11.2 Å². The fourth-order valence-corrected chi connectivity index (χ4v) is 4.25. The van der Waals surface area contributed by atoms with Crippen LogP contribution in [0.2, 0.25) is 0 Å². The molecule has 29 heavy (non-hydrogen) atoms. The molecule has 2 aliphatic heterocycles. The Morgan fingerprint density at radius 1 is 1.28 bits per heavy atom. The number of nitrogen functional groups attached to an aromatic ring is 1. The highest BCUT2D eigenvalue weighted by molar-refractivity contribution is 5.99. The number of hydrogen-bond donors (Lipinski definition) is 1. The third-order valence-corrected chi connectivity index (χ3v) is 5.65. The number of aromatic nitrogens is 1. The van der Waals surface area contributed by atoms with E-state index in [0.29, 0.717) is 30.2 Å². The molecule has 1 fully saturated rings. The van der Waals surface area contributed by atoms with E-state index in [4.69, 9.17) is 15.2 Å². The number of nitrogens with zero attached hydrogens (tertiary/aromatic N) is 3. The molecule has 146 valence electrons. The van der Waals surface area contributed by atoms with Gasteiger partial charge in [-0.15, -0.1) is 0 Å². The van der Waals surface area contributed by atoms with Gasteiger partial charge in [-0.1, -0.05) is 18.2 Å². The highest BCUT2D eigenvalue weighted by atomic mass is 16.5. The van der Waals surface area contributed by atoms with Crippen LogP contribution in [-0.4, -0.2) is 30.8 Å². The zero-order valence-electron chi connectivity index (χ0n) is 16.1. The number of benzene rings is 2. The Hall–Kier alpha value is -3.30. The summed E-state index contributed by atoms with van der Waals surface area (Å²) in [5.74, 6) is 0.621. The van der Waals surface area contributed by atoms with Crippen molar-refractivity contribution in [1.29, 1.82) is 5.26 Å². The van der Waals surface area contributed by atoms with E-state index in [9.17, 15) is 5.26 Å². The molecule has 2 N–H and O–H groups in total. The van der Waals surface area contributed by atoms with E-state index in [1.54, 1.807) is 6.20 Å². The van der Waals surface area contributed by atoms with E-state index < -0.39 is 0 Å². The number of hydrogen-bond acceptors (Lipinski definition) is 6. The van der Waals surface area contributed by atoms with Crippen LogP contribution >= 0.6 is 0 Å². The van der Waals surface area contributed by atoms with E-state index in [0.717, 1.165) is 48.1 Å². The number of fused-ring (bicyclic) bond motifs is 2. The third kappa shape index (κ3) is 3.14. The molecule has 3 aromatic rings. The predicted octanol–water partition coefficient (Wildman–Crippen LogP) is 3.94. The molecule has 0 amide bonds. The lowest BCUT2D eigenvalue weighted by atomic mass is 9.99. The summed E-state index contributed by atoms with van der Waals surface area (Å²) in [7, 11) is 0. The van der Waals surface area contributed by atoms with E-state index in [2.05, 4.69) is 34.2 Å². The first kappa shape index (κ1) is 17.8. The van der Waals surface area contributed by atoms with E-state index >= 15 is 0 Å². The van der Waals surface area contributed by atoms with Crippen LogP contribution < -0.4 is 15.4 Å². The second kappa shape index (κ2) is 7.26. The van der Waals surface area contributed by atoms with Gasteiger partial charge in [-0.3, -0.25) is 4.98 Å². The Bertz CT molecular complexity index is 1120. The molecule has 1 aromatic heterocycles. The number of nitrogens with two attached hydrogens (primary N) is 1. The van der Waals surface area contributed by atoms with Crippen LogP contribution in [0.25, 0.3) is 10.9 Å². The third-order valence-electron chi connectivity index (χ3n) is 5.65. The number of rotatable bonds is 3. The number of para-hydroxylation sites is 1. The molecule has 2 aromatic carbocycles. The summed E-state index contributed by atoms with van der Waals surface area (Å²) in [6.07, 6.45) is 4.59. The van der Waals surface area contributed by atoms with Crippen molar-refractivity contribution in [3.05, 3.63) is 53.7 Å². The average molecular weight is 386 g/mol. The largest absolute Gasteiger partial charge is 0.486 e. The van der Waals surface area contributed by atoms with Crippen molar-refractivity contribution in [2.45, 2.75) is 25.4 Å². The van der Waals surface area contributed by atoms with Crippen LogP contribution in [0.15, 0.2) is 42.6 Å². The Kier molecular flexibility index (Phi) is 4.45. The Morgan fingerprint density at radius 2 is 2.17 bits per heavy atom. The second-order valence-corrected chi connectivity index (χ2v) is 7.53. The normalized spacial score (nSPS) is 18.4. The topological polar surface area (TPSA) is 84.4 Å². The van der Waals surface area contributed by atoms with E-state index in [1.807, 2.05) is 18.2 Å². The van der Waals surface area contributed by atoms with Gasteiger partial charge in [-0.2, -0.15) is 5.26 Å². The van der Waals surface area contributed by atoms with Crippen molar-refractivity contribution < 1.29 is 9.47 Å². The fraction of sp³-hybridized carbons (Fsp3) is 0.304. The van der Waals surface area contributed by atoms with Crippen molar-refractivity contribution in [3.8, 4) is 11.8 Å². The van der Waals surface area contributed by atoms with Gasteiger partial charge in [0.1, 0.15) is 17.9 Å². The van der Waals surface area contributed by atoms with Crippen molar-refractivity contribution in [1.82, 2.24) is 4.98 Å². The van der Waals surface area contributed by atoms with Crippen LogP contribution in [0, 0.1) is 11.3 Å². The Balaban J connectivity index is 1.65. The predicted molar refractivity (Wildman–Crippen MR) is 112 cm³/mol. The maximum absolute atomic E-state index is 9.78. The van der Waals surface area contributed by atoms with Crippen molar-refractivity contribution in [2.24, 2.45) is 0 Å². The maximum Gasteiger partial charge on any atom is 0.144 e. The zero-order chi connectivity index (χ0) is 19.8. The minimum absolute atomic E-state index is 0.0153. The quantitative estimate of drug-likeness (QED) is 0.687. The molecule has 3 heterocycles. The van der Waals surface area contributed by atoms with Gasteiger partial charge in [0.05, 0.1) is 35.7 Å².